The van der Waals surface area contributed by atoms with Crippen molar-refractivity contribution < 1.29 is 9.59 Å². The summed E-state index contributed by atoms with van der Waals surface area (Å²) in [7, 11) is 0. The van der Waals surface area contributed by atoms with Gasteiger partial charge in [0.15, 0.2) is 0 Å². The SMILES string of the molecule is CCN(C(=O)c1nc(C(=O)NC2CC2)c2n1CCCC2)c1ccccc1. The average Bonchev–Trinajstić information content (AvgIpc) is 3.40. The number of benzene rings is 1. The second-order valence-corrected chi connectivity index (χ2v) is 6.97. The third-order valence-corrected chi connectivity index (χ3v) is 5.07. The minimum atomic E-state index is -0.146. The number of rotatable bonds is 5. The summed E-state index contributed by atoms with van der Waals surface area (Å²) in [6.07, 6.45) is 4.89. The van der Waals surface area contributed by atoms with Crippen molar-refractivity contribution in [2.45, 2.75) is 51.6 Å². The van der Waals surface area contributed by atoms with Gasteiger partial charge in [0.25, 0.3) is 11.8 Å². The maximum absolute atomic E-state index is 13.2. The van der Waals surface area contributed by atoms with Gasteiger partial charge >= 0.3 is 0 Å². The summed E-state index contributed by atoms with van der Waals surface area (Å²) >= 11 is 0. The zero-order valence-corrected chi connectivity index (χ0v) is 15.1. The lowest BCUT2D eigenvalue weighted by Gasteiger charge is -2.22. The van der Waals surface area contributed by atoms with Gasteiger partial charge in [-0.15, -0.1) is 0 Å². The first-order chi connectivity index (χ1) is 12.7. The number of para-hydroxylation sites is 1. The van der Waals surface area contributed by atoms with Crippen LogP contribution in [0.1, 0.15) is 59.4 Å². The highest BCUT2D eigenvalue weighted by Crippen LogP contribution is 2.25. The number of nitrogens with one attached hydrogen (secondary N) is 1. The highest BCUT2D eigenvalue weighted by molar-refractivity contribution is 6.05. The summed E-state index contributed by atoms with van der Waals surface area (Å²) < 4.78 is 1.96. The molecule has 2 aromatic rings. The topological polar surface area (TPSA) is 67.2 Å². The molecule has 2 aliphatic rings. The van der Waals surface area contributed by atoms with Crippen LogP contribution in [0, 0.1) is 0 Å². The Morgan fingerprint density at radius 2 is 2.00 bits per heavy atom. The van der Waals surface area contributed by atoms with Gasteiger partial charge in [-0.3, -0.25) is 9.59 Å². The molecule has 0 unspecified atom stereocenters. The zero-order valence-electron chi connectivity index (χ0n) is 15.1. The Labute approximate surface area is 153 Å². The molecule has 1 fully saturated rings. The molecule has 26 heavy (non-hydrogen) atoms. The molecular formula is C20H24N4O2. The van der Waals surface area contributed by atoms with Gasteiger partial charge in [0, 0.05) is 24.8 Å². The van der Waals surface area contributed by atoms with Crippen LogP contribution >= 0.6 is 0 Å². The highest BCUT2D eigenvalue weighted by atomic mass is 16.2. The number of nitrogens with zero attached hydrogens (tertiary/aromatic N) is 3. The van der Waals surface area contributed by atoms with E-state index in [2.05, 4.69) is 10.3 Å². The Balaban J connectivity index is 1.69. The van der Waals surface area contributed by atoms with Crippen molar-refractivity contribution in [3.63, 3.8) is 0 Å². The first-order valence-corrected chi connectivity index (χ1v) is 9.46. The molecular weight excluding hydrogens is 328 g/mol. The van der Waals surface area contributed by atoms with Crippen LogP contribution in [0.15, 0.2) is 30.3 Å². The van der Waals surface area contributed by atoms with Crippen LogP contribution in [0.4, 0.5) is 5.69 Å². The molecule has 0 bridgehead atoms. The molecule has 1 saturated carbocycles. The number of hydrogen-bond donors (Lipinski definition) is 1. The highest BCUT2D eigenvalue weighted by Gasteiger charge is 2.32. The van der Waals surface area contributed by atoms with Crippen molar-refractivity contribution in [3.05, 3.63) is 47.5 Å². The molecule has 0 saturated heterocycles. The van der Waals surface area contributed by atoms with Gasteiger partial charge in [0.05, 0.1) is 5.69 Å². The molecule has 2 amide bonds. The molecule has 1 aromatic carbocycles. The third-order valence-electron chi connectivity index (χ3n) is 5.07. The smallest absolute Gasteiger partial charge is 0.294 e. The predicted octanol–water partition coefficient (Wildman–Crippen LogP) is 2.78. The molecule has 0 spiro atoms. The Morgan fingerprint density at radius 1 is 1.23 bits per heavy atom. The van der Waals surface area contributed by atoms with Gasteiger partial charge < -0.3 is 14.8 Å². The molecule has 1 aliphatic heterocycles. The van der Waals surface area contributed by atoms with Gasteiger partial charge in [-0.25, -0.2) is 4.98 Å². The van der Waals surface area contributed by atoms with Crippen LogP contribution in [-0.4, -0.2) is 34.0 Å². The van der Waals surface area contributed by atoms with Crippen LogP contribution in [0.5, 0.6) is 0 Å². The monoisotopic (exact) mass is 352 g/mol. The van der Waals surface area contributed by atoms with Gasteiger partial charge in [-0.05, 0) is 51.2 Å². The van der Waals surface area contributed by atoms with Crippen LogP contribution < -0.4 is 10.2 Å². The van der Waals surface area contributed by atoms with Crippen LogP contribution in [0.25, 0.3) is 0 Å². The van der Waals surface area contributed by atoms with Crippen molar-refractivity contribution in [1.29, 1.82) is 0 Å². The van der Waals surface area contributed by atoms with Crippen LogP contribution in [-0.2, 0) is 13.0 Å². The predicted molar refractivity (Wildman–Crippen MR) is 99.4 cm³/mol. The van der Waals surface area contributed by atoms with Crippen molar-refractivity contribution in [1.82, 2.24) is 14.9 Å². The summed E-state index contributed by atoms with van der Waals surface area (Å²) in [6.45, 7) is 3.24. The Morgan fingerprint density at radius 3 is 2.69 bits per heavy atom. The van der Waals surface area contributed by atoms with Crippen molar-refractivity contribution in [2.75, 3.05) is 11.4 Å². The first-order valence-electron chi connectivity index (χ1n) is 9.46. The van der Waals surface area contributed by atoms with E-state index in [-0.39, 0.29) is 17.9 Å². The molecule has 6 nitrogen and oxygen atoms in total. The lowest BCUT2D eigenvalue weighted by Crippen LogP contribution is -2.33. The summed E-state index contributed by atoms with van der Waals surface area (Å²) in [5.74, 6) is 0.0960. The second kappa shape index (κ2) is 6.94. The molecule has 136 valence electrons. The van der Waals surface area contributed by atoms with E-state index in [0.717, 1.165) is 50.0 Å². The number of carbonyl (C=O) groups is 2. The maximum atomic E-state index is 13.2. The number of anilines is 1. The minimum Gasteiger partial charge on any atom is -0.348 e. The summed E-state index contributed by atoms with van der Waals surface area (Å²) in [5, 5.41) is 3.01. The number of imidazole rings is 1. The van der Waals surface area contributed by atoms with Gasteiger partial charge in [0.2, 0.25) is 5.82 Å². The van der Waals surface area contributed by atoms with Gasteiger partial charge in [0.1, 0.15) is 5.69 Å². The van der Waals surface area contributed by atoms with E-state index in [4.69, 9.17) is 0 Å². The molecule has 0 radical (unpaired) electrons. The first kappa shape index (κ1) is 16.8. The van der Waals surface area contributed by atoms with Gasteiger partial charge in [-0.1, -0.05) is 18.2 Å². The third kappa shape index (κ3) is 3.11. The molecule has 1 aromatic heterocycles. The minimum absolute atomic E-state index is 0.139. The summed E-state index contributed by atoms with van der Waals surface area (Å²) in [6, 6.07) is 9.88. The average molecular weight is 352 g/mol. The molecule has 0 atom stereocenters. The molecule has 4 rings (SSSR count). The van der Waals surface area contributed by atoms with Crippen molar-refractivity contribution in [3.8, 4) is 0 Å². The standard InChI is InChI=1S/C20H24N4O2/c1-2-23(15-8-4-3-5-9-15)20(26)18-22-17(19(25)21-14-11-12-14)16-10-6-7-13-24(16)18/h3-5,8-9,14H,2,6-7,10-13H2,1H3,(H,21,25). The lowest BCUT2D eigenvalue weighted by atomic mass is 10.1. The number of carbonyl (C=O) groups excluding carboxylic acids is 2. The fourth-order valence-electron chi connectivity index (χ4n) is 3.54. The molecule has 2 heterocycles. The van der Waals surface area contributed by atoms with Gasteiger partial charge in [-0.2, -0.15) is 0 Å². The number of amides is 2. The summed E-state index contributed by atoms with van der Waals surface area (Å²) in [4.78, 5) is 32.1. The molecule has 1 N–H and O–H groups in total. The maximum Gasteiger partial charge on any atom is 0.294 e. The number of hydrogen-bond acceptors (Lipinski definition) is 3. The molecule has 1 aliphatic carbocycles. The van der Waals surface area contributed by atoms with E-state index < -0.39 is 0 Å². The Kier molecular flexibility index (Phi) is 4.49. The van der Waals surface area contributed by atoms with Crippen LogP contribution in [0.3, 0.4) is 0 Å². The zero-order chi connectivity index (χ0) is 18.1. The van der Waals surface area contributed by atoms with Crippen molar-refractivity contribution in [2.24, 2.45) is 0 Å². The normalized spacial score (nSPS) is 16.0. The summed E-state index contributed by atoms with van der Waals surface area (Å²) in [5.41, 5.74) is 2.18. The number of aromatic nitrogens is 2. The van der Waals surface area contributed by atoms with E-state index in [1.165, 1.54) is 0 Å². The molecule has 6 heteroatoms. The Bertz CT molecular complexity index is 824. The second-order valence-electron chi connectivity index (χ2n) is 6.97. The quantitative estimate of drug-likeness (QED) is 0.900. The number of fused-ring (bicyclic) bond motifs is 1. The van der Waals surface area contributed by atoms with E-state index in [9.17, 15) is 9.59 Å². The lowest BCUT2D eigenvalue weighted by molar-refractivity contribution is 0.0945. The fourth-order valence-corrected chi connectivity index (χ4v) is 3.54. The van der Waals surface area contributed by atoms with Crippen LogP contribution in [0.2, 0.25) is 0 Å². The van der Waals surface area contributed by atoms with E-state index in [1.54, 1.807) is 4.90 Å². The van der Waals surface area contributed by atoms with Crippen molar-refractivity contribution >= 4 is 17.5 Å². The van der Waals surface area contributed by atoms with E-state index in [1.807, 2.05) is 41.8 Å². The van der Waals surface area contributed by atoms with E-state index >= 15 is 0 Å². The Hall–Kier alpha value is -2.63. The van der Waals surface area contributed by atoms with E-state index in [0.29, 0.717) is 18.1 Å². The largest absolute Gasteiger partial charge is 0.348 e. The fraction of sp³-hybridized carbons (Fsp3) is 0.450.